The first-order valence-corrected chi connectivity index (χ1v) is 12.2. The molecule has 0 fully saturated rings. The van der Waals surface area contributed by atoms with Gasteiger partial charge in [-0.1, -0.05) is 32.9 Å². The van der Waals surface area contributed by atoms with Crippen molar-refractivity contribution in [3.63, 3.8) is 0 Å². The smallest absolute Gasteiger partial charge is 0.309 e. The molecule has 11 nitrogen and oxygen atoms in total. The average Bonchev–Trinajstić information content (AvgIpc) is 3.48. The average molecular weight is 503 g/mol. The number of carbonyl (C=O) groups excluding carboxylic acids is 1. The van der Waals surface area contributed by atoms with Crippen LogP contribution in [0.1, 0.15) is 67.4 Å². The van der Waals surface area contributed by atoms with Crippen LogP contribution in [0.3, 0.4) is 0 Å². The van der Waals surface area contributed by atoms with Gasteiger partial charge < -0.3 is 20.2 Å². The second-order valence-corrected chi connectivity index (χ2v) is 10.3. The molecule has 3 aromatic heterocycles. The van der Waals surface area contributed by atoms with E-state index >= 15 is 0 Å². The zero-order chi connectivity index (χ0) is 26.2. The molecule has 0 saturated heterocycles. The lowest BCUT2D eigenvalue weighted by Gasteiger charge is -2.19. The van der Waals surface area contributed by atoms with Gasteiger partial charge in [0.15, 0.2) is 0 Å². The van der Waals surface area contributed by atoms with Crippen LogP contribution in [-0.4, -0.2) is 47.1 Å². The van der Waals surface area contributed by atoms with Crippen LogP contribution in [0.2, 0.25) is 0 Å². The van der Waals surface area contributed by atoms with Crippen LogP contribution in [0, 0.1) is 0 Å². The molecule has 0 radical (unpaired) electrons. The van der Waals surface area contributed by atoms with Gasteiger partial charge >= 0.3 is 11.8 Å². The van der Waals surface area contributed by atoms with Crippen LogP contribution in [-0.2, 0) is 18.9 Å². The number of hydrogen-bond donors (Lipinski definition) is 3. The topological polar surface area (TPSA) is 144 Å². The predicted octanol–water partition coefficient (Wildman–Crippen LogP) is 3.47. The van der Waals surface area contributed by atoms with Crippen molar-refractivity contribution in [3.05, 3.63) is 65.8 Å². The van der Waals surface area contributed by atoms with E-state index in [0.717, 1.165) is 28.1 Å². The number of carbonyl (C=O) groups is 1. The normalized spacial score (nSPS) is 17.6. The largest absolute Gasteiger partial charge is 0.416 e. The van der Waals surface area contributed by atoms with Gasteiger partial charge in [0.05, 0.1) is 29.7 Å². The molecule has 0 unspecified atom stereocenters. The van der Waals surface area contributed by atoms with Crippen LogP contribution >= 0.6 is 0 Å². The van der Waals surface area contributed by atoms with Crippen LogP contribution < -0.4 is 10.6 Å². The van der Waals surface area contributed by atoms with E-state index in [9.17, 15) is 9.90 Å². The highest BCUT2D eigenvalue weighted by molar-refractivity contribution is 5.89. The van der Waals surface area contributed by atoms with E-state index in [4.69, 9.17) is 4.42 Å². The number of aromatic nitrogens is 6. The maximum atomic E-state index is 12.9. The second-order valence-electron chi connectivity index (χ2n) is 10.3. The molecule has 0 bridgehead atoms. The van der Waals surface area contributed by atoms with Gasteiger partial charge in [-0.15, -0.1) is 10.2 Å². The van der Waals surface area contributed by atoms with Gasteiger partial charge in [-0.25, -0.2) is 9.97 Å². The third-order valence-corrected chi connectivity index (χ3v) is 6.24. The fourth-order valence-corrected chi connectivity index (χ4v) is 4.33. The first kappa shape index (κ1) is 24.6. The number of anilines is 2. The summed E-state index contributed by atoms with van der Waals surface area (Å²) < 4.78 is 7.31. The number of amides is 1. The van der Waals surface area contributed by atoms with Crippen molar-refractivity contribution in [2.75, 3.05) is 5.32 Å². The first-order chi connectivity index (χ1) is 17.7. The molecule has 11 heteroatoms. The minimum atomic E-state index is -0.514. The van der Waals surface area contributed by atoms with Crippen molar-refractivity contribution >= 4 is 17.5 Å². The van der Waals surface area contributed by atoms with Crippen molar-refractivity contribution in [1.82, 2.24) is 35.3 Å². The highest BCUT2D eigenvalue weighted by atomic mass is 16.4. The molecule has 3 N–H and O–H groups in total. The van der Waals surface area contributed by atoms with Crippen LogP contribution in [0.15, 0.2) is 47.3 Å². The van der Waals surface area contributed by atoms with E-state index in [1.807, 2.05) is 58.3 Å². The van der Waals surface area contributed by atoms with E-state index in [-0.39, 0.29) is 17.3 Å². The van der Waals surface area contributed by atoms with Gasteiger partial charge in [-0.05, 0) is 42.5 Å². The monoisotopic (exact) mass is 502 g/mol. The van der Waals surface area contributed by atoms with E-state index in [2.05, 4.69) is 35.9 Å². The Morgan fingerprint density at radius 1 is 1.19 bits per heavy atom. The number of benzene rings is 1. The summed E-state index contributed by atoms with van der Waals surface area (Å²) in [6.07, 6.45) is 6.35. The molecular weight excluding hydrogens is 472 g/mol. The number of aliphatic hydroxyl groups excluding tert-OH is 1. The Morgan fingerprint density at radius 2 is 2.03 bits per heavy atom. The molecule has 192 valence electrons. The molecule has 0 aliphatic heterocycles. The van der Waals surface area contributed by atoms with Gasteiger partial charge in [0.25, 0.3) is 0 Å². The third kappa shape index (κ3) is 5.51. The molecule has 0 saturated carbocycles. The lowest BCUT2D eigenvalue weighted by Crippen LogP contribution is -2.29. The summed E-state index contributed by atoms with van der Waals surface area (Å²) in [4.78, 5) is 21.9. The Balaban J connectivity index is 1.39. The second kappa shape index (κ2) is 9.74. The fourth-order valence-electron chi connectivity index (χ4n) is 4.33. The molecule has 0 spiro atoms. The molecule has 37 heavy (non-hydrogen) atoms. The number of aryl methyl sites for hydroxylation is 1. The van der Waals surface area contributed by atoms with Gasteiger partial charge in [0.2, 0.25) is 11.8 Å². The molecule has 1 aliphatic rings. The number of aliphatic hydroxyl groups is 1. The van der Waals surface area contributed by atoms with E-state index in [1.165, 1.54) is 0 Å². The molecule has 5 rings (SSSR count). The summed E-state index contributed by atoms with van der Waals surface area (Å²) in [5, 5.41) is 28.9. The zero-order valence-corrected chi connectivity index (χ0v) is 21.3. The summed E-state index contributed by atoms with van der Waals surface area (Å²) in [6.45, 7) is 5.83. The Labute approximate surface area is 214 Å². The zero-order valence-electron chi connectivity index (χ0n) is 21.3. The Morgan fingerprint density at radius 3 is 2.76 bits per heavy atom. The highest BCUT2D eigenvalue weighted by Crippen LogP contribution is 2.32. The first-order valence-electron chi connectivity index (χ1n) is 12.2. The van der Waals surface area contributed by atoms with Gasteiger partial charge in [-0.2, -0.15) is 5.10 Å². The fraction of sp³-hybridized carbons (Fsp3) is 0.385. The van der Waals surface area contributed by atoms with Gasteiger partial charge in [0.1, 0.15) is 0 Å². The summed E-state index contributed by atoms with van der Waals surface area (Å²) >= 11 is 0. The number of hydrogen-bond acceptors (Lipinski definition) is 9. The minimum absolute atomic E-state index is 0.0671. The van der Waals surface area contributed by atoms with Crippen LogP contribution in [0.4, 0.5) is 11.6 Å². The van der Waals surface area contributed by atoms with Gasteiger partial charge in [0, 0.05) is 30.4 Å². The van der Waals surface area contributed by atoms with Crippen molar-refractivity contribution in [1.29, 1.82) is 0 Å². The Kier molecular flexibility index (Phi) is 6.46. The summed E-state index contributed by atoms with van der Waals surface area (Å²) in [7, 11) is 1.84. The van der Waals surface area contributed by atoms with Crippen molar-refractivity contribution in [2.24, 2.45) is 7.05 Å². The summed E-state index contributed by atoms with van der Waals surface area (Å²) in [6, 6.07) is 7.51. The molecular formula is C26H30N8O3. The maximum Gasteiger partial charge on any atom is 0.309 e. The molecule has 2 atom stereocenters. The highest BCUT2D eigenvalue weighted by Gasteiger charge is 2.28. The Bertz CT molecular complexity index is 1420. The summed E-state index contributed by atoms with van der Waals surface area (Å²) in [5.74, 6) is 0.366. The standard InChI is InChI=1S/C26H30N8O3/c1-26(2,3)24-33-32-23(37-24)22(36)30-21-8-6-18(35)12-16-11-15(5-7-19(16)21)20-9-10-27-25(31-20)29-17-13-28-34(4)14-17/h5,7,9-11,13-14,18,21,35H,6,8,12H2,1-4H3,(H,30,36)(H,27,29,31)/t18-,21-/m1/s1. The molecule has 4 aromatic rings. The molecule has 3 heterocycles. The third-order valence-electron chi connectivity index (χ3n) is 6.24. The van der Waals surface area contributed by atoms with Crippen molar-refractivity contribution in [2.45, 2.75) is 57.6 Å². The molecule has 1 aromatic carbocycles. The number of rotatable bonds is 5. The quantitative estimate of drug-likeness (QED) is 0.349. The van der Waals surface area contributed by atoms with Crippen LogP contribution in [0.25, 0.3) is 11.3 Å². The van der Waals surface area contributed by atoms with E-state index in [0.29, 0.717) is 31.1 Å². The SMILES string of the molecule is Cn1cc(Nc2nccc(-c3ccc4c(c3)C[C@H](O)CC[C@H]4NC(=O)c3nnc(C(C)(C)C)o3)n2)cn1. The van der Waals surface area contributed by atoms with Gasteiger partial charge in [-0.3, -0.25) is 9.48 Å². The molecule has 1 amide bonds. The lowest BCUT2D eigenvalue weighted by molar-refractivity contribution is 0.0890. The minimum Gasteiger partial charge on any atom is -0.416 e. The number of nitrogens with zero attached hydrogens (tertiary/aromatic N) is 6. The maximum absolute atomic E-state index is 12.9. The number of nitrogens with one attached hydrogen (secondary N) is 2. The lowest BCUT2D eigenvalue weighted by atomic mass is 9.95. The van der Waals surface area contributed by atoms with Crippen LogP contribution in [0.5, 0.6) is 0 Å². The van der Waals surface area contributed by atoms with E-state index < -0.39 is 12.0 Å². The summed E-state index contributed by atoms with van der Waals surface area (Å²) in [5.41, 5.74) is 3.97. The van der Waals surface area contributed by atoms with E-state index in [1.54, 1.807) is 17.1 Å². The van der Waals surface area contributed by atoms with Crippen molar-refractivity contribution in [3.8, 4) is 11.3 Å². The predicted molar refractivity (Wildman–Crippen MR) is 136 cm³/mol. The van der Waals surface area contributed by atoms with Crippen molar-refractivity contribution < 1.29 is 14.3 Å². The Hall–Kier alpha value is -4.12. The molecule has 1 aliphatic carbocycles. The number of fused-ring (bicyclic) bond motifs is 1.